The zero-order valence-electron chi connectivity index (χ0n) is 14.4. The summed E-state index contributed by atoms with van der Waals surface area (Å²) in [6.45, 7) is 7.48. The first-order valence-corrected chi connectivity index (χ1v) is 9.23. The van der Waals surface area contributed by atoms with Gasteiger partial charge in [0.15, 0.2) is 0 Å². The van der Waals surface area contributed by atoms with Crippen LogP contribution < -0.4 is 10.5 Å². The second-order valence-corrected chi connectivity index (χ2v) is 7.85. The standard InChI is InChI=1S/C16H26N2O5S/c1-16(2,3)23-11-10-22-9-8-15(19)18-12-13-4-6-14(7-5-13)24(17,20)21/h4-7H,8-12H2,1-3H3,(H,18,19)(H2,17,20,21). The lowest BCUT2D eigenvalue weighted by atomic mass is 10.2. The van der Waals surface area contributed by atoms with Crippen molar-refractivity contribution >= 4 is 15.9 Å². The molecule has 0 aliphatic rings. The molecule has 0 atom stereocenters. The number of nitrogens with two attached hydrogens (primary N) is 1. The van der Waals surface area contributed by atoms with Crippen LogP contribution in [0.4, 0.5) is 0 Å². The summed E-state index contributed by atoms with van der Waals surface area (Å²) in [6, 6.07) is 6.05. The molecular weight excluding hydrogens is 332 g/mol. The van der Waals surface area contributed by atoms with Crippen molar-refractivity contribution in [2.45, 2.75) is 44.2 Å². The molecule has 136 valence electrons. The third-order valence-corrected chi connectivity index (χ3v) is 3.91. The van der Waals surface area contributed by atoms with Gasteiger partial charge in [-0.25, -0.2) is 13.6 Å². The summed E-state index contributed by atoms with van der Waals surface area (Å²) in [5, 5.41) is 7.76. The minimum atomic E-state index is -3.69. The van der Waals surface area contributed by atoms with Crippen LogP contribution in [0.3, 0.4) is 0 Å². The third kappa shape index (κ3) is 8.97. The average Bonchev–Trinajstić information content (AvgIpc) is 2.47. The van der Waals surface area contributed by atoms with Gasteiger partial charge in [-0.1, -0.05) is 12.1 Å². The maximum Gasteiger partial charge on any atom is 0.238 e. The number of primary sulfonamides is 1. The number of hydrogen-bond acceptors (Lipinski definition) is 5. The molecule has 1 rings (SSSR count). The van der Waals surface area contributed by atoms with Crippen LogP contribution in [-0.4, -0.2) is 39.7 Å². The molecule has 24 heavy (non-hydrogen) atoms. The molecule has 8 heteroatoms. The SMILES string of the molecule is CC(C)(C)OCCOCCC(=O)NCc1ccc(S(N)(=O)=O)cc1. The minimum Gasteiger partial charge on any atom is -0.379 e. The largest absolute Gasteiger partial charge is 0.379 e. The van der Waals surface area contributed by atoms with E-state index < -0.39 is 10.0 Å². The van der Waals surface area contributed by atoms with Crippen molar-refractivity contribution < 1.29 is 22.7 Å². The van der Waals surface area contributed by atoms with Gasteiger partial charge in [0.05, 0.1) is 30.3 Å². The predicted molar refractivity (Wildman–Crippen MR) is 90.8 cm³/mol. The zero-order chi connectivity index (χ0) is 18.2. The number of carbonyl (C=O) groups is 1. The fourth-order valence-electron chi connectivity index (χ4n) is 1.76. The van der Waals surface area contributed by atoms with Crippen molar-refractivity contribution in [1.29, 1.82) is 0 Å². The molecule has 1 amide bonds. The monoisotopic (exact) mass is 358 g/mol. The highest BCUT2D eigenvalue weighted by Gasteiger charge is 2.09. The first-order valence-electron chi connectivity index (χ1n) is 7.68. The Morgan fingerprint density at radius 3 is 2.29 bits per heavy atom. The van der Waals surface area contributed by atoms with Crippen molar-refractivity contribution in [2.24, 2.45) is 5.14 Å². The average molecular weight is 358 g/mol. The number of nitrogens with one attached hydrogen (secondary N) is 1. The fourth-order valence-corrected chi connectivity index (χ4v) is 2.28. The molecule has 0 aliphatic heterocycles. The molecule has 1 aromatic carbocycles. The van der Waals surface area contributed by atoms with E-state index in [4.69, 9.17) is 14.6 Å². The van der Waals surface area contributed by atoms with Gasteiger partial charge in [0.25, 0.3) is 0 Å². The Morgan fingerprint density at radius 2 is 1.75 bits per heavy atom. The molecule has 0 bridgehead atoms. The van der Waals surface area contributed by atoms with Crippen LogP contribution in [0.2, 0.25) is 0 Å². The molecule has 3 N–H and O–H groups in total. The molecule has 7 nitrogen and oxygen atoms in total. The quantitative estimate of drug-likeness (QED) is 0.644. The lowest BCUT2D eigenvalue weighted by Crippen LogP contribution is -2.25. The van der Waals surface area contributed by atoms with Crippen molar-refractivity contribution in [1.82, 2.24) is 5.32 Å². The molecule has 1 aromatic rings. The molecule has 0 aromatic heterocycles. The number of carbonyl (C=O) groups excluding carboxylic acids is 1. The number of amides is 1. The van der Waals surface area contributed by atoms with Gasteiger partial charge in [0.1, 0.15) is 0 Å². The number of benzene rings is 1. The normalized spacial score (nSPS) is 12.2. The lowest BCUT2D eigenvalue weighted by Gasteiger charge is -2.19. The Labute approximate surface area is 143 Å². The summed E-state index contributed by atoms with van der Waals surface area (Å²) < 4.78 is 33.1. The van der Waals surface area contributed by atoms with Crippen LogP contribution in [0.15, 0.2) is 29.2 Å². The second kappa shape index (κ2) is 9.12. The predicted octanol–water partition coefficient (Wildman–Crippen LogP) is 1.17. The molecule has 0 spiro atoms. The van der Waals surface area contributed by atoms with Gasteiger partial charge in [-0.3, -0.25) is 4.79 Å². The summed E-state index contributed by atoms with van der Waals surface area (Å²) >= 11 is 0. The van der Waals surface area contributed by atoms with Gasteiger partial charge < -0.3 is 14.8 Å². The van der Waals surface area contributed by atoms with E-state index in [1.165, 1.54) is 12.1 Å². The van der Waals surface area contributed by atoms with Crippen molar-refractivity contribution in [2.75, 3.05) is 19.8 Å². The summed E-state index contributed by atoms with van der Waals surface area (Å²) in [6.07, 6.45) is 0.255. The van der Waals surface area contributed by atoms with Crippen LogP contribution in [0.25, 0.3) is 0 Å². The number of ether oxygens (including phenoxy) is 2. The van der Waals surface area contributed by atoms with Gasteiger partial charge in [-0.05, 0) is 38.5 Å². The van der Waals surface area contributed by atoms with Gasteiger partial charge >= 0.3 is 0 Å². The van der Waals surface area contributed by atoms with E-state index in [2.05, 4.69) is 5.32 Å². The van der Waals surface area contributed by atoms with E-state index in [0.29, 0.717) is 26.4 Å². The molecule has 0 saturated carbocycles. The maximum absolute atomic E-state index is 11.7. The summed E-state index contributed by atoms with van der Waals surface area (Å²) in [7, 11) is -3.69. The summed E-state index contributed by atoms with van der Waals surface area (Å²) in [5.74, 6) is -0.137. The van der Waals surface area contributed by atoms with Crippen LogP contribution in [0.5, 0.6) is 0 Å². The minimum absolute atomic E-state index is 0.0449. The van der Waals surface area contributed by atoms with Crippen LogP contribution >= 0.6 is 0 Å². The van der Waals surface area contributed by atoms with Gasteiger partial charge in [-0.2, -0.15) is 0 Å². The zero-order valence-corrected chi connectivity index (χ0v) is 15.2. The highest BCUT2D eigenvalue weighted by atomic mass is 32.2. The first-order chi connectivity index (χ1) is 11.1. The topological polar surface area (TPSA) is 108 Å². The summed E-state index contributed by atoms with van der Waals surface area (Å²) in [4.78, 5) is 11.7. The Kier molecular flexibility index (Phi) is 7.82. The van der Waals surface area contributed by atoms with E-state index in [9.17, 15) is 13.2 Å². The first kappa shape index (κ1) is 20.6. The molecule has 0 heterocycles. The number of hydrogen-bond donors (Lipinski definition) is 2. The van der Waals surface area contributed by atoms with Gasteiger partial charge in [0.2, 0.25) is 15.9 Å². The van der Waals surface area contributed by atoms with E-state index in [-0.39, 0.29) is 22.8 Å². The van der Waals surface area contributed by atoms with Crippen LogP contribution in [-0.2, 0) is 30.8 Å². The highest BCUT2D eigenvalue weighted by Crippen LogP contribution is 2.08. The molecule has 0 saturated heterocycles. The Balaban J connectivity index is 2.20. The molecule has 0 radical (unpaired) electrons. The second-order valence-electron chi connectivity index (χ2n) is 6.29. The number of rotatable bonds is 9. The lowest BCUT2D eigenvalue weighted by molar-refractivity contribution is -0.122. The van der Waals surface area contributed by atoms with Crippen molar-refractivity contribution in [3.05, 3.63) is 29.8 Å². The molecule has 0 fully saturated rings. The Morgan fingerprint density at radius 1 is 1.12 bits per heavy atom. The Bertz CT molecular complexity index is 621. The molecular formula is C16H26N2O5S. The van der Waals surface area contributed by atoms with Gasteiger partial charge in [0, 0.05) is 13.0 Å². The van der Waals surface area contributed by atoms with E-state index in [0.717, 1.165) is 5.56 Å². The van der Waals surface area contributed by atoms with Crippen LogP contribution in [0.1, 0.15) is 32.8 Å². The summed E-state index contributed by atoms with van der Waals surface area (Å²) in [5.41, 5.74) is 0.592. The van der Waals surface area contributed by atoms with Crippen molar-refractivity contribution in [3.63, 3.8) is 0 Å². The van der Waals surface area contributed by atoms with E-state index in [1.807, 2.05) is 20.8 Å². The Hall–Kier alpha value is -1.48. The highest BCUT2D eigenvalue weighted by molar-refractivity contribution is 7.89. The number of sulfonamides is 1. The van der Waals surface area contributed by atoms with Gasteiger partial charge in [-0.15, -0.1) is 0 Å². The fraction of sp³-hybridized carbons (Fsp3) is 0.562. The molecule has 0 unspecified atom stereocenters. The molecule has 0 aliphatic carbocycles. The van der Waals surface area contributed by atoms with Crippen molar-refractivity contribution in [3.8, 4) is 0 Å². The van der Waals surface area contributed by atoms with Crippen LogP contribution in [0, 0.1) is 0 Å². The van der Waals surface area contributed by atoms with E-state index in [1.54, 1.807) is 12.1 Å². The van der Waals surface area contributed by atoms with E-state index >= 15 is 0 Å². The smallest absolute Gasteiger partial charge is 0.238 e. The third-order valence-electron chi connectivity index (χ3n) is 2.98. The maximum atomic E-state index is 11.7.